The lowest BCUT2D eigenvalue weighted by molar-refractivity contribution is -0.135. The number of hydrogen-bond donors (Lipinski definition) is 1. The second-order valence-electron chi connectivity index (χ2n) is 5.90. The van der Waals surface area contributed by atoms with Crippen LogP contribution in [0, 0.1) is 11.8 Å². The van der Waals surface area contributed by atoms with E-state index in [-0.39, 0.29) is 17.7 Å². The Hall–Kier alpha value is -1.84. The molecule has 3 rings (SSSR count). The van der Waals surface area contributed by atoms with Gasteiger partial charge >= 0.3 is 0 Å². The summed E-state index contributed by atoms with van der Waals surface area (Å²) in [5.41, 5.74) is 3.44. The van der Waals surface area contributed by atoms with Crippen LogP contribution in [0.5, 0.6) is 0 Å². The maximum absolute atomic E-state index is 12.6. The summed E-state index contributed by atoms with van der Waals surface area (Å²) in [6.45, 7) is 3.36. The zero-order valence-corrected chi connectivity index (χ0v) is 11.7. The van der Waals surface area contributed by atoms with Crippen LogP contribution in [0.3, 0.4) is 0 Å². The van der Waals surface area contributed by atoms with E-state index in [1.54, 1.807) is 0 Å². The number of carbonyl (C=O) groups is 1. The Bertz CT molecular complexity index is 528. The van der Waals surface area contributed by atoms with Crippen molar-refractivity contribution >= 4 is 11.6 Å². The Kier molecular flexibility index (Phi) is 3.47. The number of rotatable bonds is 1. The van der Waals surface area contributed by atoms with Crippen LogP contribution in [0.15, 0.2) is 29.4 Å². The molecule has 0 spiro atoms. The van der Waals surface area contributed by atoms with Crippen molar-refractivity contribution in [2.24, 2.45) is 17.0 Å². The predicted molar refractivity (Wildman–Crippen MR) is 76.9 cm³/mol. The second kappa shape index (κ2) is 5.27. The van der Waals surface area contributed by atoms with Crippen molar-refractivity contribution < 1.29 is 10.0 Å². The summed E-state index contributed by atoms with van der Waals surface area (Å²) in [7, 11) is 0. The summed E-state index contributed by atoms with van der Waals surface area (Å²) in [5, 5.41) is 12.2. The van der Waals surface area contributed by atoms with Gasteiger partial charge in [0.1, 0.15) is 0 Å². The third-order valence-corrected chi connectivity index (χ3v) is 4.54. The smallest absolute Gasteiger partial charge is 0.226 e. The molecule has 1 heterocycles. The SMILES string of the molecule is CC1CN(C(=O)C2Cc3ccccc3C2)CC/C1=N\O. The van der Waals surface area contributed by atoms with Crippen LogP contribution in [0.25, 0.3) is 0 Å². The first-order valence-electron chi connectivity index (χ1n) is 7.25. The summed E-state index contributed by atoms with van der Waals surface area (Å²) in [5.74, 6) is 0.499. The van der Waals surface area contributed by atoms with Crippen LogP contribution in [-0.4, -0.2) is 34.8 Å². The zero-order chi connectivity index (χ0) is 14.1. The molecule has 1 aromatic carbocycles. The van der Waals surface area contributed by atoms with Crippen LogP contribution in [0.1, 0.15) is 24.5 Å². The number of carbonyl (C=O) groups excluding carboxylic acids is 1. The molecule has 0 radical (unpaired) electrons. The number of oxime groups is 1. The van der Waals surface area contributed by atoms with Gasteiger partial charge in [-0.25, -0.2) is 0 Å². The van der Waals surface area contributed by atoms with E-state index in [0.29, 0.717) is 19.5 Å². The standard InChI is InChI=1S/C16H20N2O2/c1-11-10-18(7-6-15(11)17-20)16(19)14-8-12-4-2-3-5-13(12)9-14/h2-5,11,14,20H,6-10H2,1H3/b17-15+. The minimum atomic E-state index is 0.0900. The van der Waals surface area contributed by atoms with Gasteiger partial charge in [0.15, 0.2) is 0 Å². The Labute approximate surface area is 119 Å². The number of hydrogen-bond acceptors (Lipinski definition) is 3. The quantitative estimate of drug-likeness (QED) is 0.629. The number of piperidine rings is 1. The van der Waals surface area contributed by atoms with Crippen LogP contribution < -0.4 is 0 Å². The first-order chi connectivity index (χ1) is 9.69. The minimum Gasteiger partial charge on any atom is -0.411 e. The van der Waals surface area contributed by atoms with E-state index >= 15 is 0 Å². The first kappa shape index (κ1) is 13.2. The van der Waals surface area contributed by atoms with Crippen molar-refractivity contribution in [3.05, 3.63) is 35.4 Å². The predicted octanol–water partition coefficient (Wildman–Crippen LogP) is 2.10. The molecule has 106 valence electrons. The van der Waals surface area contributed by atoms with E-state index in [0.717, 1.165) is 18.6 Å². The largest absolute Gasteiger partial charge is 0.411 e. The van der Waals surface area contributed by atoms with Crippen molar-refractivity contribution in [2.75, 3.05) is 13.1 Å². The summed E-state index contributed by atoms with van der Waals surface area (Å²) in [6, 6.07) is 8.33. The fourth-order valence-electron chi connectivity index (χ4n) is 3.36. The molecule has 2 aliphatic rings. The first-order valence-corrected chi connectivity index (χ1v) is 7.25. The van der Waals surface area contributed by atoms with Crippen molar-refractivity contribution in [1.29, 1.82) is 0 Å². The second-order valence-corrected chi connectivity index (χ2v) is 5.90. The molecular formula is C16H20N2O2. The zero-order valence-electron chi connectivity index (χ0n) is 11.7. The maximum Gasteiger partial charge on any atom is 0.226 e. The van der Waals surface area contributed by atoms with Gasteiger partial charge < -0.3 is 10.1 Å². The molecule has 1 unspecified atom stereocenters. The van der Waals surface area contributed by atoms with E-state index in [9.17, 15) is 4.79 Å². The highest BCUT2D eigenvalue weighted by atomic mass is 16.4. The molecule has 1 fully saturated rings. The normalized spacial score (nSPS) is 24.9. The van der Waals surface area contributed by atoms with Crippen LogP contribution in [-0.2, 0) is 17.6 Å². The molecule has 20 heavy (non-hydrogen) atoms. The Balaban J connectivity index is 1.67. The monoisotopic (exact) mass is 272 g/mol. The lowest BCUT2D eigenvalue weighted by atomic mass is 9.95. The summed E-state index contributed by atoms with van der Waals surface area (Å²) < 4.78 is 0. The average molecular weight is 272 g/mol. The molecule has 1 N–H and O–H groups in total. The van der Waals surface area contributed by atoms with E-state index in [2.05, 4.69) is 17.3 Å². The highest BCUT2D eigenvalue weighted by Gasteiger charge is 2.33. The van der Waals surface area contributed by atoms with Crippen LogP contribution >= 0.6 is 0 Å². The molecule has 4 heteroatoms. The topological polar surface area (TPSA) is 52.9 Å². The lowest BCUT2D eigenvalue weighted by Crippen LogP contribution is -2.45. The van der Waals surface area contributed by atoms with E-state index in [1.165, 1.54) is 11.1 Å². The lowest BCUT2D eigenvalue weighted by Gasteiger charge is -2.33. The van der Waals surface area contributed by atoms with Crippen molar-refractivity contribution in [1.82, 2.24) is 4.90 Å². The number of amides is 1. The Morgan fingerprint density at radius 2 is 1.95 bits per heavy atom. The van der Waals surface area contributed by atoms with Gasteiger partial charge in [-0.3, -0.25) is 4.79 Å². The molecule has 1 saturated heterocycles. The van der Waals surface area contributed by atoms with Gasteiger partial charge in [-0.2, -0.15) is 0 Å². The molecule has 1 aliphatic carbocycles. The van der Waals surface area contributed by atoms with Gasteiger partial charge in [-0.1, -0.05) is 36.3 Å². The molecular weight excluding hydrogens is 252 g/mol. The third-order valence-electron chi connectivity index (χ3n) is 4.54. The summed E-state index contributed by atoms with van der Waals surface area (Å²) in [4.78, 5) is 14.6. The van der Waals surface area contributed by atoms with Crippen LogP contribution in [0.2, 0.25) is 0 Å². The van der Waals surface area contributed by atoms with E-state index in [1.807, 2.05) is 24.0 Å². The molecule has 1 amide bonds. The number of fused-ring (bicyclic) bond motifs is 1. The van der Waals surface area contributed by atoms with Crippen LogP contribution in [0.4, 0.5) is 0 Å². The molecule has 0 bridgehead atoms. The molecule has 1 atom stereocenters. The maximum atomic E-state index is 12.6. The van der Waals surface area contributed by atoms with Gasteiger partial charge in [-0.15, -0.1) is 0 Å². The third kappa shape index (κ3) is 2.30. The minimum absolute atomic E-state index is 0.0900. The average Bonchev–Trinajstić information content (AvgIpc) is 2.90. The molecule has 0 aromatic heterocycles. The van der Waals surface area contributed by atoms with Gasteiger partial charge in [0.25, 0.3) is 0 Å². The fourth-order valence-corrected chi connectivity index (χ4v) is 3.36. The fraction of sp³-hybridized carbons (Fsp3) is 0.500. The molecule has 0 saturated carbocycles. The number of nitrogens with zero attached hydrogens (tertiary/aromatic N) is 2. The molecule has 1 aliphatic heterocycles. The van der Waals surface area contributed by atoms with Crippen molar-refractivity contribution in [3.63, 3.8) is 0 Å². The number of benzene rings is 1. The van der Waals surface area contributed by atoms with Gasteiger partial charge in [0, 0.05) is 31.3 Å². The van der Waals surface area contributed by atoms with Crippen molar-refractivity contribution in [3.8, 4) is 0 Å². The molecule has 1 aromatic rings. The van der Waals surface area contributed by atoms with E-state index < -0.39 is 0 Å². The highest BCUT2D eigenvalue weighted by Crippen LogP contribution is 2.29. The van der Waals surface area contributed by atoms with E-state index in [4.69, 9.17) is 5.21 Å². The molecule has 4 nitrogen and oxygen atoms in total. The number of likely N-dealkylation sites (tertiary alicyclic amines) is 1. The Morgan fingerprint density at radius 3 is 2.50 bits per heavy atom. The van der Waals surface area contributed by atoms with Gasteiger partial charge in [0.2, 0.25) is 5.91 Å². The van der Waals surface area contributed by atoms with Gasteiger partial charge in [0.05, 0.1) is 5.71 Å². The Morgan fingerprint density at radius 1 is 1.30 bits per heavy atom. The summed E-state index contributed by atoms with van der Waals surface area (Å²) >= 11 is 0. The van der Waals surface area contributed by atoms with Gasteiger partial charge in [-0.05, 0) is 24.0 Å². The van der Waals surface area contributed by atoms with Crippen molar-refractivity contribution in [2.45, 2.75) is 26.2 Å². The summed E-state index contributed by atoms with van der Waals surface area (Å²) in [6.07, 6.45) is 2.41. The highest BCUT2D eigenvalue weighted by molar-refractivity contribution is 5.89.